The summed E-state index contributed by atoms with van der Waals surface area (Å²) in [6, 6.07) is 0.282. The van der Waals surface area contributed by atoms with E-state index in [2.05, 4.69) is 20.8 Å². The molecule has 1 aliphatic rings. The second kappa shape index (κ2) is 5.25. The van der Waals surface area contributed by atoms with Crippen molar-refractivity contribution >= 4 is 5.96 Å². The molecule has 0 amide bonds. The van der Waals surface area contributed by atoms with Gasteiger partial charge in [-0.3, -0.25) is 0 Å². The minimum atomic E-state index is 0.162. The van der Waals surface area contributed by atoms with Crippen LogP contribution in [0.2, 0.25) is 0 Å². The largest absolute Gasteiger partial charge is 0.380 e. The van der Waals surface area contributed by atoms with Gasteiger partial charge in [-0.2, -0.15) is 0 Å². The van der Waals surface area contributed by atoms with Gasteiger partial charge in [0.1, 0.15) is 0 Å². The number of hydrogen-bond donors (Lipinski definition) is 1. The van der Waals surface area contributed by atoms with Gasteiger partial charge in [0, 0.05) is 32.5 Å². The van der Waals surface area contributed by atoms with Gasteiger partial charge in [0.2, 0.25) is 0 Å². The predicted molar refractivity (Wildman–Crippen MR) is 72.1 cm³/mol. The number of guanidine groups is 1. The molecule has 0 saturated heterocycles. The molecule has 1 saturated carbocycles. The average Bonchev–Trinajstić information content (AvgIpc) is 2.31. The van der Waals surface area contributed by atoms with E-state index in [9.17, 15) is 0 Å². The van der Waals surface area contributed by atoms with Gasteiger partial charge in [-0.05, 0) is 12.8 Å². The zero-order valence-corrected chi connectivity index (χ0v) is 12.0. The van der Waals surface area contributed by atoms with Crippen LogP contribution in [-0.4, -0.2) is 44.2 Å². The first-order valence-electron chi connectivity index (χ1n) is 6.48. The Bertz CT molecular complexity index is 284. The lowest BCUT2D eigenvalue weighted by Gasteiger charge is -2.58. The molecule has 17 heavy (non-hydrogen) atoms. The fourth-order valence-corrected chi connectivity index (χ4v) is 3.29. The third kappa shape index (κ3) is 2.15. The number of methoxy groups -OCH3 is 1. The van der Waals surface area contributed by atoms with E-state index in [-0.39, 0.29) is 11.5 Å². The molecule has 2 N–H and O–H groups in total. The van der Waals surface area contributed by atoms with E-state index in [0.717, 1.165) is 12.8 Å². The zero-order chi connectivity index (χ0) is 13.2. The molecule has 0 spiro atoms. The van der Waals surface area contributed by atoms with Crippen molar-refractivity contribution in [2.75, 3.05) is 21.2 Å². The lowest BCUT2D eigenvalue weighted by atomic mass is 9.53. The van der Waals surface area contributed by atoms with Crippen LogP contribution in [0.5, 0.6) is 0 Å². The van der Waals surface area contributed by atoms with Crippen molar-refractivity contribution in [2.45, 2.75) is 45.8 Å². The summed E-state index contributed by atoms with van der Waals surface area (Å²) in [5.41, 5.74) is 6.10. The summed E-state index contributed by atoms with van der Waals surface area (Å²) >= 11 is 0. The average molecular weight is 241 g/mol. The van der Waals surface area contributed by atoms with E-state index < -0.39 is 0 Å². The molecule has 0 aliphatic heterocycles. The van der Waals surface area contributed by atoms with Crippen molar-refractivity contribution in [1.82, 2.24) is 4.90 Å². The van der Waals surface area contributed by atoms with Crippen molar-refractivity contribution in [3.8, 4) is 0 Å². The molecule has 3 atom stereocenters. The highest BCUT2D eigenvalue weighted by Crippen LogP contribution is 2.54. The van der Waals surface area contributed by atoms with E-state index >= 15 is 0 Å². The summed E-state index contributed by atoms with van der Waals surface area (Å²) in [6.07, 6.45) is 2.48. The molecule has 4 heteroatoms. The van der Waals surface area contributed by atoms with Crippen LogP contribution in [-0.2, 0) is 4.74 Å². The van der Waals surface area contributed by atoms with Crippen LogP contribution < -0.4 is 5.73 Å². The zero-order valence-electron chi connectivity index (χ0n) is 12.0. The van der Waals surface area contributed by atoms with Gasteiger partial charge in [-0.1, -0.05) is 20.8 Å². The van der Waals surface area contributed by atoms with Crippen LogP contribution in [0.25, 0.3) is 0 Å². The fraction of sp³-hybridized carbons (Fsp3) is 0.923. The molecule has 0 aromatic carbocycles. The number of rotatable bonds is 4. The summed E-state index contributed by atoms with van der Waals surface area (Å²) in [5.74, 6) is 1.06. The number of nitrogens with zero attached hydrogens (tertiary/aromatic N) is 2. The molecular weight excluding hydrogens is 214 g/mol. The van der Waals surface area contributed by atoms with Gasteiger partial charge >= 0.3 is 0 Å². The lowest BCUT2D eigenvalue weighted by Crippen LogP contribution is -2.63. The van der Waals surface area contributed by atoms with Crippen molar-refractivity contribution in [3.05, 3.63) is 0 Å². The molecular formula is C13H27N3O. The summed E-state index contributed by atoms with van der Waals surface area (Å²) in [7, 11) is 5.65. The van der Waals surface area contributed by atoms with E-state index in [1.165, 1.54) is 0 Å². The van der Waals surface area contributed by atoms with E-state index in [1.54, 1.807) is 7.11 Å². The van der Waals surface area contributed by atoms with Crippen molar-refractivity contribution < 1.29 is 4.74 Å². The maximum atomic E-state index is 5.94. The van der Waals surface area contributed by atoms with Crippen molar-refractivity contribution in [3.63, 3.8) is 0 Å². The highest BCUT2D eigenvalue weighted by atomic mass is 16.5. The first-order valence-corrected chi connectivity index (χ1v) is 6.48. The Labute approximate surface area is 105 Å². The Balaban J connectivity index is 2.95. The smallest absolute Gasteiger partial charge is 0.191 e. The Morgan fingerprint density at radius 3 is 2.24 bits per heavy atom. The molecule has 1 aliphatic carbocycles. The van der Waals surface area contributed by atoms with E-state index in [1.807, 2.05) is 19.0 Å². The first-order chi connectivity index (χ1) is 7.94. The maximum Gasteiger partial charge on any atom is 0.191 e. The Morgan fingerprint density at radius 2 is 1.88 bits per heavy atom. The minimum absolute atomic E-state index is 0.162. The summed E-state index contributed by atoms with van der Waals surface area (Å²) in [6.45, 7) is 6.64. The lowest BCUT2D eigenvalue weighted by molar-refractivity contribution is -0.156. The molecule has 0 aromatic rings. The van der Waals surface area contributed by atoms with Crippen LogP contribution in [0, 0.1) is 11.3 Å². The maximum absolute atomic E-state index is 5.94. The molecule has 4 nitrogen and oxygen atoms in total. The van der Waals surface area contributed by atoms with Crippen LogP contribution in [0.4, 0.5) is 0 Å². The number of hydrogen-bond acceptors (Lipinski definition) is 2. The monoisotopic (exact) mass is 241 g/mol. The first kappa shape index (κ1) is 14.3. The number of ether oxygens (including phenoxy) is 1. The van der Waals surface area contributed by atoms with Crippen molar-refractivity contribution in [2.24, 2.45) is 22.1 Å². The Hall–Kier alpha value is -0.770. The molecule has 0 radical (unpaired) electrons. The normalized spacial score (nSPS) is 32.1. The molecule has 100 valence electrons. The van der Waals surface area contributed by atoms with Crippen LogP contribution >= 0.6 is 0 Å². The predicted octanol–water partition coefficient (Wildman–Crippen LogP) is 1.70. The van der Waals surface area contributed by atoms with Gasteiger partial charge in [0.25, 0.3) is 0 Å². The molecule has 3 unspecified atom stereocenters. The standard InChI is InChI=1S/C13H27N3O/c1-7-13(8-2)10(9(3)11(13)17-6)15-12(14)16(4)5/h9-11H,7-8H2,1-6H3,(H2,14,15). The fourth-order valence-electron chi connectivity index (χ4n) is 3.29. The van der Waals surface area contributed by atoms with Gasteiger partial charge < -0.3 is 15.4 Å². The molecule has 0 aromatic heterocycles. The van der Waals surface area contributed by atoms with Gasteiger partial charge in [0.15, 0.2) is 5.96 Å². The van der Waals surface area contributed by atoms with Crippen LogP contribution in [0.15, 0.2) is 4.99 Å². The van der Waals surface area contributed by atoms with Crippen molar-refractivity contribution in [1.29, 1.82) is 0 Å². The third-order valence-electron chi connectivity index (χ3n) is 4.43. The van der Waals surface area contributed by atoms with E-state index in [0.29, 0.717) is 18.0 Å². The summed E-state index contributed by atoms with van der Waals surface area (Å²) in [4.78, 5) is 6.56. The second-order valence-electron chi connectivity index (χ2n) is 5.28. The molecule has 1 fully saturated rings. The van der Waals surface area contributed by atoms with Gasteiger partial charge in [0.05, 0.1) is 12.1 Å². The number of aliphatic imine (C=N–C) groups is 1. The highest BCUT2D eigenvalue weighted by molar-refractivity contribution is 5.77. The molecule has 0 bridgehead atoms. The Kier molecular flexibility index (Phi) is 4.42. The minimum Gasteiger partial charge on any atom is -0.380 e. The summed E-state index contributed by atoms with van der Waals surface area (Å²) < 4.78 is 5.64. The SMILES string of the molecule is CCC1(CC)C(N=C(N)N(C)C)C(C)C1OC. The van der Waals surface area contributed by atoms with Crippen LogP contribution in [0.3, 0.4) is 0 Å². The Morgan fingerprint density at radius 1 is 1.35 bits per heavy atom. The quantitative estimate of drug-likeness (QED) is 0.602. The van der Waals surface area contributed by atoms with Crippen LogP contribution in [0.1, 0.15) is 33.6 Å². The molecule has 0 heterocycles. The number of nitrogens with two attached hydrogens (primary N) is 1. The second-order valence-corrected chi connectivity index (χ2v) is 5.28. The third-order valence-corrected chi connectivity index (χ3v) is 4.43. The summed E-state index contributed by atoms with van der Waals surface area (Å²) in [5, 5.41) is 0. The van der Waals surface area contributed by atoms with Gasteiger partial charge in [-0.15, -0.1) is 0 Å². The highest BCUT2D eigenvalue weighted by Gasteiger charge is 2.58. The topological polar surface area (TPSA) is 50.8 Å². The van der Waals surface area contributed by atoms with Gasteiger partial charge in [-0.25, -0.2) is 4.99 Å². The molecule has 1 rings (SSSR count). The van der Waals surface area contributed by atoms with E-state index in [4.69, 9.17) is 15.5 Å².